The van der Waals surface area contributed by atoms with Crippen LogP contribution >= 0.6 is 34.2 Å². The van der Waals surface area contributed by atoms with Crippen LogP contribution in [0.2, 0.25) is 5.02 Å². The average Bonchev–Trinajstić information content (AvgIpc) is 2.88. The van der Waals surface area contributed by atoms with Crippen molar-refractivity contribution in [3.05, 3.63) is 67.9 Å². The van der Waals surface area contributed by atoms with Crippen LogP contribution in [0.15, 0.2) is 48.2 Å². The highest BCUT2D eigenvalue weighted by Crippen LogP contribution is 2.26. The van der Waals surface area contributed by atoms with Gasteiger partial charge in [0, 0.05) is 17.1 Å². The van der Waals surface area contributed by atoms with Gasteiger partial charge in [0.1, 0.15) is 18.1 Å². The summed E-state index contributed by atoms with van der Waals surface area (Å²) in [6.07, 6.45) is 1.66. The molecule has 7 heteroatoms. The molecule has 1 saturated heterocycles. The molecule has 3 amide bonds. The lowest BCUT2D eigenvalue weighted by atomic mass is 10.2. The number of urea groups is 1. The van der Waals surface area contributed by atoms with E-state index in [1.165, 1.54) is 0 Å². The van der Waals surface area contributed by atoms with Gasteiger partial charge in [0.2, 0.25) is 0 Å². The van der Waals surface area contributed by atoms with Crippen LogP contribution in [-0.2, 0) is 11.4 Å². The number of carbonyl (C=O) groups excluding carboxylic acids is 2. The zero-order valence-electron chi connectivity index (χ0n) is 14.0. The second-order valence-electron chi connectivity index (χ2n) is 5.61. The number of nitrogens with one attached hydrogen (secondary N) is 1. The third-order valence-electron chi connectivity index (χ3n) is 3.89. The fourth-order valence-electron chi connectivity index (χ4n) is 2.52. The molecule has 0 radical (unpaired) electrons. The summed E-state index contributed by atoms with van der Waals surface area (Å²) in [5.41, 5.74) is 1.99. The monoisotopic (exact) mass is 482 g/mol. The van der Waals surface area contributed by atoms with Gasteiger partial charge in [-0.05, 0) is 59.4 Å². The van der Waals surface area contributed by atoms with Crippen molar-refractivity contribution in [3.8, 4) is 5.75 Å². The molecular weight excluding hydrogens is 467 g/mol. The lowest BCUT2D eigenvalue weighted by Crippen LogP contribution is -2.30. The molecule has 1 aliphatic heterocycles. The van der Waals surface area contributed by atoms with Gasteiger partial charge < -0.3 is 10.1 Å². The lowest BCUT2D eigenvalue weighted by molar-refractivity contribution is -0.122. The topological polar surface area (TPSA) is 58.6 Å². The predicted molar refractivity (Wildman–Crippen MR) is 109 cm³/mol. The second kappa shape index (κ2) is 8.09. The van der Waals surface area contributed by atoms with E-state index in [2.05, 4.69) is 27.9 Å². The number of carbonyl (C=O) groups is 2. The van der Waals surface area contributed by atoms with Crippen molar-refractivity contribution in [2.75, 3.05) is 6.54 Å². The third kappa shape index (κ3) is 4.02. The van der Waals surface area contributed by atoms with E-state index < -0.39 is 6.03 Å². The molecule has 0 bridgehead atoms. The minimum absolute atomic E-state index is 0.275. The van der Waals surface area contributed by atoms with E-state index in [0.717, 1.165) is 25.3 Å². The highest BCUT2D eigenvalue weighted by Gasteiger charge is 2.31. The Morgan fingerprint density at radius 3 is 2.65 bits per heavy atom. The number of ether oxygens (including phenoxy) is 1. The first kappa shape index (κ1) is 18.7. The average molecular weight is 483 g/mol. The van der Waals surface area contributed by atoms with Crippen LogP contribution in [0.5, 0.6) is 5.75 Å². The van der Waals surface area contributed by atoms with Gasteiger partial charge in [-0.1, -0.05) is 35.9 Å². The van der Waals surface area contributed by atoms with Crippen LogP contribution < -0.4 is 10.1 Å². The Kier molecular flexibility index (Phi) is 5.83. The molecule has 1 aliphatic rings. The normalized spacial score (nSPS) is 15.5. The van der Waals surface area contributed by atoms with E-state index in [1.807, 2.05) is 42.5 Å². The molecule has 1 N–H and O–H groups in total. The molecule has 3 rings (SSSR count). The number of likely N-dealkylation sites (N-methyl/N-ethyl adjacent to an activating group) is 1. The van der Waals surface area contributed by atoms with Crippen LogP contribution in [0, 0.1) is 3.57 Å². The maximum Gasteiger partial charge on any atom is 0.328 e. The molecule has 5 nitrogen and oxygen atoms in total. The molecular formula is C19H16ClIN2O3. The molecule has 26 heavy (non-hydrogen) atoms. The van der Waals surface area contributed by atoms with Crippen molar-refractivity contribution in [2.24, 2.45) is 0 Å². The molecule has 1 fully saturated rings. The number of nitrogens with zero attached hydrogens (tertiary/aromatic N) is 1. The van der Waals surface area contributed by atoms with Crippen LogP contribution in [0.3, 0.4) is 0 Å². The molecule has 134 valence electrons. The Morgan fingerprint density at radius 2 is 2.00 bits per heavy atom. The molecule has 0 unspecified atom stereocenters. The number of hydrogen-bond donors (Lipinski definition) is 1. The maximum absolute atomic E-state index is 12.1. The van der Waals surface area contributed by atoms with Gasteiger partial charge in [0.25, 0.3) is 5.91 Å². The van der Waals surface area contributed by atoms with E-state index in [1.54, 1.807) is 13.0 Å². The van der Waals surface area contributed by atoms with Gasteiger partial charge in [0.05, 0.1) is 3.57 Å². The van der Waals surface area contributed by atoms with E-state index in [-0.39, 0.29) is 11.6 Å². The Hall–Kier alpha value is -2.06. The molecule has 0 atom stereocenters. The third-order valence-corrected chi connectivity index (χ3v) is 5.10. The van der Waals surface area contributed by atoms with E-state index in [0.29, 0.717) is 18.2 Å². The number of halogens is 2. The Bertz CT molecular complexity index is 898. The van der Waals surface area contributed by atoms with Crippen molar-refractivity contribution in [3.63, 3.8) is 0 Å². The van der Waals surface area contributed by atoms with Gasteiger partial charge in [-0.15, -0.1) is 0 Å². The summed E-state index contributed by atoms with van der Waals surface area (Å²) in [4.78, 5) is 25.0. The minimum Gasteiger partial charge on any atom is -0.488 e. The van der Waals surface area contributed by atoms with Crippen molar-refractivity contribution < 1.29 is 14.3 Å². The molecule has 0 aromatic heterocycles. The summed E-state index contributed by atoms with van der Waals surface area (Å²) in [5, 5.41) is 3.26. The summed E-state index contributed by atoms with van der Waals surface area (Å²) < 4.78 is 6.74. The van der Waals surface area contributed by atoms with Crippen LogP contribution in [0.1, 0.15) is 18.1 Å². The first-order valence-corrected chi connectivity index (χ1v) is 9.45. The van der Waals surface area contributed by atoms with Gasteiger partial charge in [-0.25, -0.2) is 4.79 Å². The Morgan fingerprint density at radius 1 is 1.23 bits per heavy atom. The van der Waals surface area contributed by atoms with Crippen LogP contribution in [0.25, 0.3) is 6.08 Å². The highest BCUT2D eigenvalue weighted by molar-refractivity contribution is 14.1. The number of hydrogen-bond acceptors (Lipinski definition) is 3. The largest absolute Gasteiger partial charge is 0.488 e. The van der Waals surface area contributed by atoms with Crippen molar-refractivity contribution in [2.45, 2.75) is 13.5 Å². The molecule has 2 aromatic rings. The van der Waals surface area contributed by atoms with Crippen LogP contribution in [-0.4, -0.2) is 23.4 Å². The Labute approximate surface area is 170 Å². The van der Waals surface area contributed by atoms with Crippen molar-refractivity contribution in [1.82, 2.24) is 10.2 Å². The summed E-state index contributed by atoms with van der Waals surface area (Å²) in [6.45, 7) is 2.47. The van der Waals surface area contributed by atoms with Gasteiger partial charge in [0.15, 0.2) is 0 Å². The summed E-state index contributed by atoms with van der Waals surface area (Å²) in [7, 11) is 0. The van der Waals surface area contributed by atoms with E-state index in [9.17, 15) is 9.59 Å². The molecule has 0 saturated carbocycles. The van der Waals surface area contributed by atoms with Gasteiger partial charge >= 0.3 is 6.03 Å². The van der Waals surface area contributed by atoms with Crippen molar-refractivity contribution in [1.29, 1.82) is 0 Å². The van der Waals surface area contributed by atoms with E-state index >= 15 is 0 Å². The predicted octanol–water partition coefficient (Wildman–Crippen LogP) is 4.44. The summed E-state index contributed by atoms with van der Waals surface area (Å²) in [6, 6.07) is 12.7. The van der Waals surface area contributed by atoms with E-state index in [4.69, 9.17) is 16.3 Å². The summed E-state index contributed by atoms with van der Waals surface area (Å²) in [5.74, 6) is 0.413. The quantitative estimate of drug-likeness (QED) is 0.390. The number of rotatable bonds is 5. The molecule has 2 aromatic carbocycles. The van der Waals surface area contributed by atoms with Crippen LogP contribution in [0.4, 0.5) is 4.79 Å². The molecule has 0 aliphatic carbocycles. The lowest BCUT2D eigenvalue weighted by Gasteiger charge is -2.10. The Balaban J connectivity index is 1.74. The standard InChI is InChI=1S/C19H16ClIN2O3/c1-2-23-18(24)16(22-19(23)25)10-12-7-8-17(15(21)9-12)26-11-13-5-3-4-6-14(13)20/h3-10H,2,11H2,1H3,(H,22,25)/b16-10+. The first-order valence-electron chi connectivity index (χ1n) is 8.00. The zero-order valence-corrected chi connectivity index (χ0v) is 16.9. The number of benzene rings is 2. The maximum atomic E-state index is 12.1. The SMILES string of the molecule is CCN1C(=O)N/C(=C/c2ccc(OCc3ccccc3Cl)c(I)c2)C1=O. The zero-order chi connectivity index (χ0) is 18.7. The number of imide groups is 1. The molecule has 1 heterocycles. The fraction of sp³-hybridized carbons (Fsp3) is 0.158. The fourth-order valence-corrected chi connectivity index (χ4v) is 3.41. The van der Waals surface area contributed by atoms with Gasteiger partial charge in [-0.3, -0.25) is 9.69 Å². The number of amides is 3. The first-order chi connectivity index (χ1) is 12.5. The second-order valence-corrected chi connectivity index (χ2v) is 7.18. The minimum atomic E-state index is -0.391. The highest BCUT2D eigenvalue weighted by atomic mass is 127. The van der Waals surface area contributed by atoms with Gasteiger partial charge in [-0.2, -0.15) is 0 Å². The summed E-state index contributed by atoms with van der Waals surface area (Å²) >= 11 is 8.31. The smallest absolute Gasteiger partial charge is 0.328 e. The van der Waals surface area contributed by atoms with Crippen molar-refractivity contribution >= 4 is 52.2 Å². The molecule has 0 spiro atoms.